The van der Waals surface area contributed by atoms with Crippen molar-refractivity contribution >= 4 is 17.6 Å². The maximum Gasteiger partial charge on any atom is 0.343 e. The Morgan fingerprint density at radius 1 is 1.57 bits per heavy atom. The number of hydrogen-bond donors (Lipinski definition) is 0. The minimum absolute atomic E-state index is 0.119. The highest BCUT2D eigenvalue weighted by Crippen LogP contribution is 2.18. The third kappa shape index (κ3) is 2.32. The van der Waals surface area contributed by atoms with Crippen LogP contribution in [-0.2, 0) is 4.74 Å². The van der Waals surface area contributed by atoms with Crippen molar-refractivity contribution in [3.63, 3.8) is 0 Å². The number of ether oxygens (including phenoxy) is 2. The molecule has 1 aromatic rings. The van der Waals surface area contributed by atoms with E-state index in [0.717, 1.165) is 0 Å². The summed E-state index contributed by atoms with van der Waals surface area (Å²) >= 11 is 5.58. The highest BCUT2D eigenvalue weighted by atomic mass is 35.5. The van der Waals surface area contributed by atoms with E-state index in [0.29, 0.717) is 6.61 Å². The number of halogens is 1. The number of carbonyl (C=O) groups is 1. The van der Waals surface area contributed by atoms with E-state index in [9.17, 15) is 4.79 Å². The Labute approximate surface area is 86.0 Å². The van der Waals surface area contributed by atoms with Gasteiger partial charge in [-0.2, -0.15) is 0 Å². The summed E-state index contributed by atoms with van der Waals surface area (Å²) in [5.41, 5.74) is 0.175. The molecule has 6 heteroatoms. The first-order valence-corrected chi connectivity index (χ1v) is 4.31. The number of methoxy groups -OCH3 is 1. The van der Waals surface area contributed by atoms with Crippen LogP contribution in [-0.4, -0.2) is 29.9 Å². The zero-order valence-electron chi connectivity index (χ0n) is 7.78. The molecule has 5 nitrogen and oxygen atoms in total. The summed E-state index contributed by atoms with van der Waals surface area (Å²) in [6, 6.07) is 1.35. The quantitative estimate of drug-likeness (QED) is 0.713. The minimum atomic E-state index is -0.551. The van der Waals surface area contributed by atoms with Crippen molar-refractivity contribution in [1.82, 2.24) is 10.2 Å². The minimum Gasteiger partial charge on any atom is -0.476 e. The molecule has 76 valence electrons. The standard InChI is InChI=1S/C8H9ClN2O3/c1-3-14-7-5(8(12)13-2)4-6(9)10-11-7/h4H,3H2,1-2H3. The molecule has 1 rings (SSSR count). The van der Waals surface area contributed by atoms with Crippen molar-refractivity contribution in [2.75, 3.05) is 13.7 Å². The molecule has 0 spiro atoms. The van der Waals surface area contributed by atoms with E-state index in [2.05, 4.69) is 14.9 Å². The zero-order valence-corrected chi connectivity index (χ0v) is 8.54. The fourth-order valence-electron chi connectivity index (χ4n) is 0.856. The maximum absolute atomic E-state index is 11.2. The molecule has 0 fully saturated rings. The van der Waals surface area contributed by atoms with Gasteiger partial charge in [-0.1, -0.05) is 11.6 Å². The number of carbonyl (C=O) groups excluding carboxylic acids is 1. The molecule has 14 heavy (non-hydrogen) atoms. The highest BCUT2D eigenvalue weighted by molar-refractivity contribution is 6.29. The Hall–Kier alpha value is -1.36. The van der Waals surface area contributed by atoms with Gasteiger partial charge in [0.15, 0.2) is 5.15 Å². The molecule has 0 aliphatic heterocycles. The Balaban J connectivity index is 3.08. The van der Waals surface area contributed by atoms with Gasteiger partial charge in [-0.3, -0.25) is 0 Å². The Morgan fingerprint density at radius 3 is 2.86 bits per heavy atom. The van der Waals surface area contributed by atoms with Crippen LogP contribution in [0.3, 0.4) is 0 Å². The zero-order chi connectivity index (χ0) is 10.6. The van der Waals surface area contributed by atoms with Crippen LogP contribution in [0.5, 0.6) is 5.88 Å². The van der Waals surface area contributed by atoms with Gasteiger partial charge in [0.25, 0.3) is 0 Å². The molecule has 0 aromatic carbocycles. The van der Waals surface area contributed by atoms with Crippen molar-refractivity contribution in [1.29, 1.82) is 0 Å². The van der Waals surface area contributed by atoms with E-state index in [4.69, 9.17) is 16.3 Å². The fraction of sp³-hybridized carbons (Fsp3) is 0.375. The molecule has 0 saturated carbocycles. The molecule has 0 aliphatic rings. The smallest absolute Gasteiger partial charge is 0.343 e. The van der Waals surface area contributed by atoms with E-state index in [1.807, 2.05) is 0 Å². The lowest BCUT2D eigenvalue weighted by molar-refractivity contribution is 0.0595. The van der Waals surface area contributed by atoms with E-state index >= 15 is 0 Å². The first kappa shape index (κ1) is 10.7. The Bertz CT molecular complexity index is 343. The van der Waals surface area contributed by atoms with Gasteiger partial charge >= 0.3 is 5.97 Å². The molecular formula is C8H9ClN2O3. The monoisotopic (exact) mass is 216 g/mol. The van der Waals surface area contributed by atoms with E-state index < -0.39 is 5.97 Å². The second kappa shape index (κ2) is 4.76. The first-order chi connectivity index (χ1) is 6.69. The molecule has 0 bridgehead atoms. The lowest BCUT2D eigenvalue weighted by Gasteiger charge is -2.05. The van der Waals surface area contributed by atoms with Gasteiger partial charge in [0.1, 0.15) is 5.56 Å². The van der Waals surface area contributed by atoms with Crippen molar-refractivity contribution in [3.05, 3.63) is 16.8 Å². The van der Waals surface area contributed by atoms with Crippen molar-refractivity contribution < 1.29 is 14.3 Å². The summed E-state index contributed by atoms with van der Waals surface area (Å²) in [6.07, 6.45) is 0. The van der Waals surface area contributed by atoms with E-state index in [1.54, 1.807) is 6.92 Å². The Kier molecular flexibility index (Phi) is 3.64. The lowest BCUT2D eigenvalue weighted by atomic mass is 10.3. The highest BCUT2D eigenvalue weighted by Gasteiger charge is 2.15. The second-order valence-corrected chi connectivity index (χ2v) is 2.70. The van der Waals surface area contributed by atoms with Crippen LogP contribution in [0.25, 0.3) is 0 Å². The normalized spacial score (nSPS) is 9.64. The van der Waals surface area contributed by atoms with Crippen molar-refractivity contribution in [2.45, 2.75) is 6.92 Å². The van der Waals surface area contributed by atoms with Gasteiger partial charge in [0, 0.05) is 0 Å². The molecule has 0 radical (unpaired) electrons. The van der Waals surface area contributed by atoms with Gasteiger partial charge < -0.3 is 9.47 Å². The van der Waals surface area contributed by atoms with Crippen LogP contribution in [0.15, 0.2) is 6.07 Å². The second-order valence-electron chi connectivity index (χ2n) is 2.31. The number of nitrogens with zero attached hydrogens (tertiary/aromatic N) is 2. The SMILES string of the molecule is CCOc1nnc(Cl)cc1C(=O)OC. The molecule has 0 saturated heterocycles. The van der Waals surface area contributed by atoms with Crippen LogP contribution in [0.1, 0.15) is 17.3 Å². The van der Waals surface area contributed by atoms with E-state index in [-0.39, 0.29) is 16.6 Å². The molecule has 0 amide bonds. The maximum atomic E-state index is 11.2. The average molecular weight is 217 g/mol. The summed E-state index contributed by atoms with van der Waals surface area (Å²) < 4.78 is 9.61. The van der Waals surface area contributed by atoms with Crippen LogP contribution >= 0.6 is 11.6 Å². The van der Waals surface area contributed by atoms with Gasteiger partial charge in [0.05, 0.1) is 13.7 Å². The summed E-state index contributed by atoms with van der Waals surface area (Å²) in [5.74, 6) is -0.422. The topological polar surface area (TPSA) is 61.3 Å². The van der Waals surface area contributed by atoms with Crippen LogP contribution in [0.2, 0.25) is 5.15 Å². The lowest BCUT2D eigenvalue weighted by Crippen LogP contribution is -2.08. The summed E-state index contributed by atoms with van der Waals surface area (Å²) in [5, 5.41) is 7.31. The van der Waals surface area contributed by atoms with Crippen molar-refractivity contribution in [2.24, 2.45) is 0 Å². The van der Waals surface area contributed by atoms with Crippen LogP contribution < -0.4 is 4.74 Å². The summed E-state index contributed by atoms with van der Waals surface area (Å²) in [4.78, 5) is 11.2. The fourth-order valence-corrected chi connectivity index (χ4v) is 1.00. The van der Waals surface area contributed by atoms with Gasteiger partial charge in [0.2, 0.25) is 5.88 Å². The largest absolute Gasteiger partial charge is 0.476 e. The molecule has 0 aliphatic carbocycles. The first-order valence-electron chi connectivity index (χ1n) is 3.93. The third-order valence-electron chi connectivity index (χ3n) is 1.42. The molecule has 1 aromatic heterocycles. The summed E-state index contributed by atoms with van der Waals surface area (Å²) in [7, 11) is 1.27. The van der Waals surface area contributed by atoms with Gasteiger partial charge in [-0.05, 0) is 13.0 Å². The van der Waals surface area contributed by atoms with Crippen LogP contribution in [0.4, 0.5) is 0 Å². The predicted molar refractivity (Wildman–Crippen MR) is 49.6 cm³/mol. The molecule has 1 heterocycles. The van der Waals surface area contributed by atoms with E-state index in [1.165, 1.54) is 13.2 Å². The van der Waals surface area contributed by atoms with Crippen LogP contribution in [0, 0.1) is 0 Å². The Morgan fingerprint density at radius 2 is 2.29 bits per heavy atom. The predicted octanol–water partition coefficient (Wildman–Crippen LogP) is 1.32. The number of hydrogen-bond acceptors (Lipinski definition) is 5. The number of rotatable bonds is 3. The molecular weight excluding hydrogens is 208 g/mol. The average Bonchev–Trinajstić information content (AvgIpc) is 2.20. The number of aromatic nitrogens is 2. The van der Waals surface area contributed by atoms with Crippen molar-refractivity contribution in [3.8, 4) is 5.88 Å². The molecule has 0 atom stereocenters. The van der Waals surface area contributed by atoms with Gasteiger partial charge in [-0.25, -0.2) is 4.79 Å². The third-order valence-corrected chi connectivity index (χ3v) is 1.60. The summed E-state index contributed by atoms with van der Waals surface area (Å²) in [6.45, 7) is 2.16. The molecule has 0 N–H and O–H groups in total. The van der Waals surface area contributed by atoms with Gasteiger partial charge in [-0.15, -0.1) is 10.2 Å². The molecule has 0 unspecified atom stereocenters. The number of esters is 1.